The molecule has 1 aromatic rings. The Morgan fingerprint density at radius 2 is 2.21 bits per heavy atom. The van der Waals surface area contributed by atoms with Gasteiger partial charge in [-0.15, -0.1) is 0 Å². The van der Waals surface area contributed by atoms with Gasteiger partial charge in [-0.3, -0.25) is 4.79 Å². The van der Waals surface area contributed by atoms with Gasteiger partial charge in [-0.1, -0.05) is 19.0 Å². The molecule has 0 spiro atoms. The van der Waals surface area contributed by atoms with Crippen molar-refractivity contribution in [2.24, 2.45) is 5.92 Å². The highest BCUT2D eigenvalue weighted by molar-refractivity contribution is 5.75. The van der Waals surface area contributed by atoms with Gasteiger partial charge in [-0.2, -0.15) is 4.98 Å². The van der Waals surface area contributed by atoms with Crippen molar-refractivity contribution in [3.63, 3.8) is 0 Å². The number of hydrogen-bond donors (Lipinski definition) is 2. The summed E-state index contributed by atoms with van der Waals surface area (Å²) in [5.74, 6) is 1.40. The number of nitrogens with zero attached hydrogens (tertiary/aromatic N) is 2. The molecule has 0 radical (unpaired) electrons. The van der Waals surface area contributed by atoms with E-state index in [0.29, 0.717) is 43.9 Å². The average Bonchev–Trinajstić information content (AvgIpc) is 2.74. The summed E-state index contributed by atoms with van der Waals surface area (Å²) in [4.78, 5) is 15.6. The molecule has 0 aliphatic carbocycles. The van der Waals surface area contributed by atoms with Crippen LogP contribution in [0.3, 0.4) is 0 Å². The molecule has 6 heteroatoms. The van der Waals surface area contributed by atoms with E-state index in [1.807, 2.05) is 13.8 Å². The molecule has 0 aliphatic rings. The van der Waals surface area contributed by atoms with E-state index in [9.17, 15) is 9.90 Å². The number of carbonyl (C=O) groups is 1. The molecule has 1 rings (SSSR count). The topological polar surface area (TPSA) is 88.2 Å². The Hall–Kier alpha value is -1.43. The number of aliphatic hydroxyl groups excluding tert-OH is 1. The molecular weight excluding hydrogens is 246 g/mol. The van der Waals surface area contributed by atoms with Crippen LogP contribution in [0.15, 0.2) is 4.52 Å². The molecule has 108 valence electrons. The van der Waals surface area contributed by atoms with Crippen LogP contribution in [0.25, 0.3) is 0 Å². The largest absolute Gasteiger partial charge is 0.393 e. The maximum absolute atomic E-state index is 11.5. The van der Waals surface area contributed by atoms with Crippen LogP contribution in [0.2, 0.25) is 0 Å². The van der Waals surface area contributed by atoms with E-state index >= 15 is 0 Å². The number of hydrogen-bond acceptors (Lipinski definition) is 5. The second kappa shape index (κ2) is 7.89. The van der Waals surface area contributed by atoms with Crippen molar-refractivity contribution in [3.05, 3.63) is 11.7 Å². The first-order valence-electron chi connectivity index (χ1n) is 6.73. The van der Waals surface area contributed by atoms with Crippen molar-refractivity contribution in [3.8, 4) is 0 Å². The van der Waals surface area contributed by atoms with Crippen molar-refractivity contribution < 1.29 is 14.4 Å². The van der Waals surface area contributed by atoms with Gasteiger partial charge in [0.2, 0.25) is 11.8 Å². The Morgan fingerprint density at radius 1 is 1.47 bits per heavy atom. The SMILES string of the molecule is Cc1noc(CCCC(=O)NCCC(O)C(C)C)n1. The molecule has 0 saturated carbocycles. The zero-order chi connectivity index (χ0) is 14.3. The number of aliphatic hydroxyl groups is 1. The molecular formula is C13H23N3O3. The lowest BCUT2D eigenvalue weighted by Gasteiger charge is -2.14. The lowest BCUT2D eigenvalue weighted by Crippen LogP contribution is -2.28. The molecule has 0 bridgehead atoms. The van der Waals surface area contributed by atoms with Crippen LogP contribution >= 0.6 is 0 Å². The third-order valence-corrected chi connectivity index (χ3v) is 2.90. The lowest BCUT2D eigenvalue weighted by atomic mass is 10.0. The third kappa shape index (κ3) is 6.33. The molecule has 1 atom stereocenters. The molecule has 0 aliphatic heterocycles. The summed E-state index contributed by atoms with van der Waals surface area (Å²) in [6.07, 6.45) is 1.95. The fourth-order valence-electron chi connectivity index (χ4n) is 1.62. The lowest BCUT2D eigenvalue weighted by molar-refractivity contribution is -0.121. The van der Waals surface area contributed by atoms with Gasteiger partial charge in [-0.05, 0) is 25.7 Å². The summed E-state index contributed by atoms with van der Waals surface area (Å²) in [6, 6.07) is 0. The highest BCUT2D eigenvalue weighted by Crippen LogP contribution is 2.05. The zero-order valence-electron chi connectivity index (χ0n) is 11.8. The first-order valence-corrected chi connectivity index (χ1v) is 6.73. The predicted octanol–water partition coefficient (Wildman–Crippen LogP) is 1.22. The Labute approximate surface area is 113 Å². The van der Waals surface area contributed by atoms with E-state index in [1.165, 1.54) is 0 Å². The fourth-order valence-corrected chi connectivity index (χ4v) is 1.62. The highest BCUT2D eigenvalue weighted by atomic mass is 16.5. The standard InChI is InChI=1S/C13H23N3O3/c1-9(2)11(17)7-8-14-12(18)5-4-6-13-15-10(3)16-19-13/h9,11,17H,4-8H2,1-3H3,(H,14,18). The van der Waals surface area contributed by atoms with Crippen molar-refractivity contribution in [1.29, 1.82) is 0 Å². The van der Waals surface area contributed by atoms with Gasteiger partial charge >= 0.3 is 0 Å². The van der Waals surface area contributed by atoms with Crippen molar-refractivity contribution in [1.82, 2.24) is 15.5 Å². The molecule has 0 aromatic carbocycles. The van der Waals surface area contributed by atoms with Crippen LogP contribution in [0.5, 0.6) is 0 Å². The van der Waals surface area contributed by atoms with E-state index in [0.717, 1.165) is 0 Å². The van der Waals surface area contributed by atoms with E-state index in [4.69, 9.17) is 4.52 Å². The van der Waals surface area contributed by atoms with Crippen LogP contribution in [0.4, 0.5) is 0 Å². The number of aryl methyl sites for hydroxylation is 2. The van der Waals surface area contributed by atoms with Crippen LogP contribution in [-0.4, -0.2) is 33.8 Å². The number of amides is 1. The monoisotopic (exact) mass is 269 g/mol. The summed E-state index contributed by atoms with van der Waals surface area (Å²) in [6.45, 7) is 6.19. The van der Waals surface area contributed by atoms with Gasteiger partial charge in [0.05, 0.1) is 6.10 Å². The summed E-state index contributed by atoms with van der Waals surface area (Å²) in [7, 11) is 0. The normalized spacial score (nSPS) is 12.7. The minimum Gasteiger partial charge on any atom is -0.393 e. The van der Waals surface area contributed by atoms with Crippen molar-refractivity contribution in [2.75, 3.05) is 6.54 Å². The van der Waals surface area contributed by atoms with E-state index in [2.05, 4.69) is 15.5 Å². The zero-order valence-corrected chi connectivity index (χ0v) is 11.8. The molecule has 6 nitrogen and oxygen atoms in total. The molecule has 1 amide bonds. The molecule has 1 unspecified atom stereocenters. The van der Waals surface area contributed by atoms with Crippen LogP contribution in [-0.2, 0) is 11.2 Å². The van der Waals surface area contributed by atoms with Gasteiger partial charge in [-0.25, -0.2) is 0 Å². The molecule has 19 heavy (non-hydrogen) atoms. The Morgan fingerprint density at radius 3 is 2.79 bits per heavy atom. The summed E-state index contributed by atoms with van der Waals surface area (Å²) >= 11 is 0. The molecule has 1 aromatic heterocycles. The minimum atomic E-state index is -0.360. The highest BCUT2D eigenvalue weighted by Gasteiger charge is 2.10. The second-order valence-corrected chi connectivity index (χ2v) is 5.04. The first-order chi connectivity index (χ1) is 8.99. The number of nitrogens with one attached hydrogen (secondary N) is 1. The average molecular weight is 269 g/mol. The third-order valence-electron chi connectivity index (χ3n) is 2.90. The quantitative estimate of drug-likeness (QED) is 0.741. The van der Waals surface area contributed by atoms with Crippen LogP contribution < -0.4 is 5.32 Å². The van der Waals surface area contributed by atoms with E-state index in [-0.39, 0.29) is 17.9 Å². The Kier molecular flexibility index (Phi) is 6.49. The minimum absolute atomic E-state index is 0.00723. The summed E-state index contributed by atoms with van der Waals surface area (Å²) < 4.78 is 4.96. The Balaban J connectivity index is 2.08. The maximum atomic E-state index is 11.5. The van der Waals surface area contributed by atoms with Crippen molar-refractivity contribution >= 4 is 5.91 Å². The Bertz CT molecular complexity index is 390. The van der Waals surface area contributed by atoms with Gasteiger partial charge in [0.25, 0.3) is 0 Å². The van der Waals surface area contributed by atoms with Crippen molar-refractivity contribution in [2.45, 2.75) is 52.6 Å². The van der Waals surface area contributed by atoms with E-state index in [1.54, 1.807) is 6.92 Å². The van der Waals surface area contributed by atoms with Crippen LogP contribution in [0.1, 0.15) is 44.8 Å². The second-order valence-electron chi connectivity index (χ2n) is 5.04. The van der Waals surface area contributed by atoms with Gasteiger partial charge in [0, 0.05) is 19.4 Å². The first kappa shape index (κ1) is 15.6. The number of rotatable bonds is 8. The summed E-state index contributed by atoms with van der Waals surface area (Å²) in [5.41, 5.74) is 0. The molecule has 2 N–H and O–H groups in total. The maximum Gasteiger partial charge on any atom is 0.226 e. The summed E-state index contributed by atoms with van der Waals surface area (Å²) in [5, 5.41) is 16.1. The molecule has 1 heterocycles. The van der Waals surface area contributed by atoms with Gasteiger partial charge in [0.15, 0.2) is 5.82 Å². The number of carbonyl (C=O) groups excluding carboxylic acids is 1. The predicted molar refractivity (Wildman–Crippen MR) is 70.4 cm³/mol. The van der Waals surface area contributed by atoms with Crippen LogP contribution in [0, 0.1) is 12.8 Å². The molecule has 0 fully saturated rings. The van der Waals surface area contributed by atoms with Gasteiger partial charge in [0.1, 0.15) is 0 Å². The smallest absolute Gasteiger partial charge is 0.226 e. The number of aromatic nitrogens is 2. The molecule has 0 saturated heterocycles. The van der Waals surface area contributed by atoms with E-state index < -0.39 is 0 Å². The fraction of sp³-hybridized carbons (Fsp3) is 0.769. The van der Waals surface area contributed by atoms with Gasteiger partial charge < -0.3 is 14.9 Å².